The summed E-state index contributed by atoms with van der Waals surface area (Å²) in [7, 11) is 0. The highest BCUT2D eigenvalue weighted by Crippen LogP contribution is 2.23. The van der Waals surface area contributed by atoms with Gasteiger partial charge in [0, 0.05) is 32.2 Å². The quantitative estimate of drug-likeness (QED) is 0.916. The Morgan fingerprint density at radius 2 is 2.00 bits per heavy atom. The highest BCUT2D eigenvalue weighted by molar-refractivity contribution is 5.27. The van der Waals surface area contributed by atoms with E-state index in [1.165, 1.54) is 12.1 Å². The number of ether oxygens (including phenoxy) is 1. The Bertz CT molecular complexity index is 405. The third-order valence-corrected chi connectivity index (χ3v) is 3.02. The Labute approximate surface area is 110 Å². The maximum absolute atomic E-state index is 12.0. The zero-order valence-corrected chi connectivity index (χ0v) is 10.7. The maximum atomic E-state index is 12.0. The van der Waals surface area contributed by atoms with Crippen LogP contribution in [0.1, 0.15) is 12.5 Å². The van der Waals surface area contributed by atoms with Gasteiger partial charge in [0.1, 0.15) is 5.75 Å². The molecule has 1 unspecified atom stereocenters. The molecule has 1 atom stereocenters. The van der Waals surface area contributed by atoms with Crippen LogP contribution in [-0.2, 0) is 6.54 Å². The van der Waals surface area contributed by atoms with E-state index < -0.39 is 6.36 Å². The highest BCUT2D eigenvalue weighted by Gasteiger charge is 2.30. The predicted molar refractivity (Wildman–Crippen MR) is 65.9 cm³/mol. The fourth-order valence-electron chi connectivity index (χ4n) is 2.21. The van der Waals surface area contributed by atoms with Crippen LogP contribution in [0.4, 0.5) is 13.2 Å². The van der Waals surface area contributed by atoms with Crippen LogP contribution in [0.3, 0.4) is 0 Å². The number of benzene rings is 1. The van der Waals surface area contributed by atoms with Crippen LogP contribution in [0.25, 0.3) is 0 Å². The normalized spacial score (nSPS) is 21.4. The molecule has 3 nitrogen and oxygen atoms in total. The average molecular weight is 274 g/mol. The molecule has 1 aromatic rings. The predicted octanol–water partition coefficient (Wildman–Crippen LogP) is 2.38. The lowest BCUT2D eigenvalue weighted by atomic mass is 10.1. The summed E-state index contributed by atoms with van der Waals surface area (Å²) in [5, 5.41) is 3.35. The fraction of sp³-hybridized carbons (Fsp3) is 0.538. The molecule has 0 aromatic heterocycles. The highest BCUT2D eigenvalue weighted by atomic mass is 19.4. The van der Waals surface area contributed by atoms with Crippen molar-refractivity contribution in [2.45, 2.75) is 25.9 Å². The van der Waals surface area contributed by atoms with Crippen molar-refractivity contribution < 1.29 is 17.9 Å². The molecule has 1 N–H and O–H groups in total. The number of halogens is 3. The first-order chi connectivity index (χ1) is 8.92. The first-order valence-corrected chi connectivity index (χ1v) is 6.23. The molecule has 0 saturated carbocycles. The number of alkyl halides is 3. The summed E-state index contributed by atoms with van der Waals surface area (Å²) in [4.78, 5) is 2.28. The lowest BCUT2D eigenvalue weighted by Crippen LogP contribution is -2.48. The molecule has 0 radical (unpaired) electrons. The third kappa shape index (κ3) is 4.72. The van der Waals surface area contributed by atoms with Crippen LogP contribution < -0.4 is 10.1 Å². The minimum atomic E-state index is -4.63. The van der Waals surface area contributed by atoms with E-state index in [0.29, 0.717) is 6.04 Å². The third-order valence-electron chi connectivity index (χ3n) is 3.02. The molecule has 1 aliphatic rings. The Kier molecular flexibility index (Phi) is 4.31. The second kappa shape index (κ2) is 5.79. The van der Waals surface area contributed by atoms with E-state index in [1.54, 1.807) is 12.1 Å². The van der Waals surface area contributed by atoms with Crippen LogP contribution in [-0.4, -0.2) is 36.9 Å². The Balaban J connectivity index is 1.91. The molecule has 1 heterocycles. The van der Waals surface area contributed by atoms with Crippen molar-refractivity contribution in [3.05, 3.63) is 29.8 Å². The molecular weight excluding hydrogens is 257 g/mol. The van der Waals surface area contributed by atoms with Crippen LogP contribution in [0.2, 0.25) is 0 Å². The Morgan fingerprint density at radius 1 is 1.32 bits per heavy atom. The van der Waals surface area contributed by atoms with Crippen molar-refractivity contribution in [2.75, 3.05) is 19.6 Å². The smallest absolute Gasteiger partial charge is 0.406 e. The number of piperazine rings is 1. The van der Waals surface area contributed by atoms with Crippen molar-refractivity contribution in [3.8, 4) is 5.75 Å². The molecule has 0 aliphatic carbocycles. The summed E-state index contributed by atoms with van der Waals surface area (Å²) < 4.78 is 39.9. The van der Waals surface area contributed by atoms with Crippen molar-refractivity contribution in [1.29, 1.82) is 0 Å². The molecule has 2 rings (SSSR count). The lowest BCUT2D eigenvalue weighted by molar-refractivity contribution is -0.274. The van der Waals surface area contributed by atoms with Crippen LogP contribution in [0.5, 0.6) is 5.75 Å². The number of nitrogens with one attached hydrogen (secondary N) is 1. The maximum Gasteiger partial charge on any atom is 0.573 e. The van der Waals surface area contributed by atoms with Gasteiger partial charge >= 0.3 is 6.36 Å². The second-order valence-electron chi connectivity index (χ2n) is 4.78. The van der Waals surface area contributed by atoms with Gasteiger partial charge in [-0.15, -0.1) is 13.2 Å². The topological polar surface area (TPSA) is 24.5 Å². The lowest BCUT2D eigenvalue weighted by Gasteiger charge is -2.31. The molecular formula is C13H17F3N2O. The van der Waals surface area contributed by atoms with Gasteiger partial charge in [0.05, 0.1) is 0 Å². The largest absolute Gasteiger partial charge is 0.573 e. The zero-order valence-electron chi connectivity index (χ0n) is 10.7. The van der Waals surface area contributed by atoms with Crippen LogP contribution >= 0.6 is 0 Å². The van der Waals surface area contributed by atoms with E-state index >= 15 is 0 Å². The SMILES string of the molecule is CC1CN(Cc2ccc(OC(F)(F)F)cc2)CCN1. The number of hydrogen-bond acceptors (Lipinski definition) is 3. The van der Waals surface area contributed by atoms with Gasteiger partial charge < -0.3 is 10.1 Å². The summed E-state index contributed by atoms with van der Waals surface area (Å²) in [6, 6.07) is 6.51. The number of hydrogen-bond donors (Lipinski definition) is 1. The number of rotatable bonds is 3. The molecule has 0 spiro atoms. The van der Waals surface area contributed by atoms with Crippen molar-refractivity contribution >= 4 is 0 Å². The van der Waals surface area contributed by atoms with E-state index in [1.807, 2.05) is 0 Å². The standard InChI is InChI=1S/C13H17F3N2O/c1-10-8-18(7-6-17-10)9-11-2-4-12(5-3-11)19-13(14,15)16/h2-5,10,17H,6-9H2,1H3. The molecule has 106 valence electrons. The molecule has 1 aliphatic heterocycles. The van der Waals surface area contributed by atoms with Gasteiger partial charge in [-0.25, -0.2) is 0 Å². The molecule has 1 saturated heterocycles. The van der Waals surface area contributed by atoms with Gasteiger partial charge in [-0.2, -0.15) is 0 Å². The number of nitrogens with zero attached hydrogens (tertiary/aromatic N) is 1. The molecule has 1 aromatic carbocycles. The summed E-state index contributed by atoms with van der Waals surface area (Å²) in [5.41, 5.74) is 0.989. The fourth-order valence-corrected chi connectivity index (χ4v) is 2.21. The molecule has 0 amide bonds. The summed E-state index contributed by atoms with van der Waals surface area (Å²) in [5.74, 6) is -0.176. The van der Waals surface area contributed by atoms with Gasteiger partial charge in [-0.3, -0.25) is 4.90 Å². The van der Waals surface area contributed by atoms with Gasteiger partial charge in [-0.1, -0.05) is 12.1 Å². The summed E-state index contributed by atoms with van der Waals surface area (Å²) in [6.45, 7) is 5.70. The van der Waals surface area contributed by atoms with Crippen LogP contribution in [0, 0.1) is 0 Å². The van der Waals surface area contributed by atoms with E-state index in [0.717, 1.165) is 31.7 Å². The van der Waals surface area contributed by atoms with Gasteiger partial charge in [0.25, 0.3) is 0 Å². The first-order valence-electron chi connectivity index (χ1n) is 6.23. The molecule has 19 heavy (non-hydrogen) atoms. The Hall–Kier alpha value is -1.27. The van der Waals surface area contributed by atoms with Crippen molar-refractivity contribution in [1.82, 2.24) is 10.2 Å². The van der Waals surface area contributed by atoms with Crippen molar-refractivity contribution in [3.63, 3.8) is 0 Å². The minimum absolute atomic E-state index is 0.176. The van der Waals surface area contributed by atoms with E-state index in [4.69, 9.17) is 0 Å². The average Bonchev–Trinajstić information content (AvgIpc) is 2.30. The molecule has 1 fully saturated rings. The van der Waals surface area contributed by atoms with Crippen LogP contribution in [0.15, 0.2) is 24.3 Å². The minimum Gasteiger partial charge on any atom is -0.406 e. The zero-order chi connectivity index (χ0) is 13.9. The van der Waals surface area contributed by atoms with Gasteiger partial charge in [-0.05, 0) is 24.6 Å². The van der Waals surface area contributed by atoms with Gasteiger partial charge in [0.2, 0.25) is 0 Å². The Morgan fingerprint density at radius 3 is 2.58 bits per heavy atom. The van der Waals surface area contributed by atoms with E-state index in [9.17, 15) is 13.2 Å². The van der Waals surface area contributed by atoms with E-state index in [2.05, 4.69) is 21.9 Å². The molecule has 6 heteroatoms. The monoisotopic (exact) mass is 274 g/mol. The second-order valence-corrected chi connectivity index (χ2v) is 4.78. The molecule has 0 bridgehead atoms. The van der Waals surface area contributed by atoms with E-state index in [-0.39, 0.29) is 5.75 Å². The van der Waals surface area contributed by atoms with Crippen molar-refractivity contribution in [2.24, 2.45) is 0 Å². The van der Waals surface area contributed by atoms with Gasteiger partial charge in [0.15, 0.2) is 0 Å². The summed E-state index contributed by atoms with van der Waals surface area (Å²) in [6.07, 6.45) is -4.63. The summed E-state index contributed by atoms with van der Waals surface area (Å²) >= 11 is 0. The first kappa shape index (κ1) is 14.1.